The summed E-state index contributed by atoms with van der Waals surface area (Å²) in [6.07, 6.45) is 2.28. The highest BCUT2D eigenvalue weighted by molar-refractivity contribution is 5.84. The first-order valence-electron chi connectivity index (χ1n) is 7.78. The number of aryl methyl sites for hydroxylation is 2. The Morgan fingerprint density at radius 3 is 2.00 bits per heavy atom. The Morgan fingerprint density at radius 2 is 1.48 bits per heavy atom. The fraction of sp³-hybridized carbons (Fsp3) is 0.143. The predicted octanol–water partition coefficient (Wildman–Crippen LogP) is 4.29. The molecule has 0 aliphatic heterocycles. The molecule has 0 amide bonds. The molecule has 0 aliphatic rings. The Bertz CT molecular complexity index is 793. The summed E-state index contributed by atoms with van der Waals surface area (Å²) in [6, 6.07) is 11.7. The molecule has 0 heterocycles. The lowest BCUT2D eigenvalue weighted by molar-refractivity contribution is -0.139. The van der Waals surface area contributed by atoms with Gasteiger partial charge in [0.15, 0.2) is 0 Å². The van der Waals surface area contributed by atoms with Crippen LogP contribution in [-0.2, 0) is 20.9 Å². The second-order valence-corrected chi connectivity index (χ2v) is 5.57. The Labute approximate surface area is 147 Å². The monoisotopic (exact) mass is 336 g/mol. The molecule has 0 unspecified atom stereocenters. The average Bonchev–Trinajstić information content (AvgIpc) is 2.62. The summed E-state index contributed by atoms with van der Waals surface area (Å²) in [4.78, 5) is 22.5. The van der Waals surface area contributed by atoms with E-state index in [9.17, 15) is 9.59 Å². The fourth-order valence-corrected chi connectivity index (χ4v) is 2.43. The highest BCUT2D eigenvalue weighted by Gasteiger charge is 2.10. The van der Waals surface area contributed by atoms with Crippen molar-refractivity contribution in [3.63, 3.8) is 0 Å². The molecule has 0 saturated heterocycles. The third-order valence-electron chi connectivity index (χ3n) is 3.66. The maximum absolute atomic E-state index is 11.4. The number of hydrogen-bond donors (Lipinski definition) is 0. The summed E-state index contributed by atoms with van der Waals surface area (Å²) in [5.41, 5.74) is 4.67. The minimum Gasteiger partial charge on any atom is -0.458 e. The molecule has 0 spiro atoms. The molecule has 0 fully saturated rings. The smallest absolute Gasteiger partial charge is 0.335 e. The lowest BCUT2D eigenvalue weighted by Crippen LogP contribution is -2.06. The number of carbonyl (C=O) groups excluding carboxylic acids is 2. The van der Waals surface area contributed by atoms with Crippen molar-refractivity contribution in [3.05, 3.63) is 78.4 Å². The number of carbonyl (C=O) groups is 2. The zero-order valence-corrected chi connectivity index (χ0v) is 14.4. The number of hydrogen-bond acceptors (Lipinski definition) is 4. The van der Waals surface area contributed by atoms with Gasteiger partial charge in [0.25, 0.3) is 0 Å². The second-order valence-electron chi connectivity index (χ2n) is 5.57. The fourth-order valence-electron chi connectivity index (χ4n) is 2.43. The van der Waals surface area contributed by atoms with Crippen LogP contribution in [0.2, 0.25) is 0 Å². The van der Waals surface area contributed by atoms with E-state index >= 15 is 0 Å². The maximum atomic E-state index is 11.4. The summed E-state index contributed by atoms with van der Waals surface area (Å²) >= 11 is 0. The topological polar surface area (TPSA) is 52.6 Å². The normalized spacial score (nSPS) is 10.0. The van der Waals surface area contributed by atoms with E-state index in [-0.39, 0.29) is 6.61 Å². The standard InChI is InChI=1S/C21H20O4/c1-5-19(22)24-13-16-7-9-17(10-8-16)18-11-14(3)21(15(4)12-18)25-20(23)6-2/h5-12H,1-2,13H2,3-4H3. The van der Waals surface area contributed by atoms with Crippen LogP contribution < -0.4 is 4.74 Å². The zero-order chi connectivity index (χ0) is 18.4. The largest absolute Gasteiger partial charge is 0.458 e. The molecule has 4 nitrogen and oxygen atoms in total. The van der Waals surface area contributed by atoms with Gasteiger partial charge in [-0.05, 0) is 53.8 Å². The summed E-state index contributed by atoms with van der Waals surface area (Å²) in [5.74, 6) is -0.362. The molecule has 0 atom stereocenters. The third-order valence-corrected chi connectivity index (χ3v) is 3.66. The lowest BCUT2D eigenvalue weighted by atomic mass is 9.99. The Hall–Kier alpha value is -3.14. The molecule has 0 bridgehead atoms. The average molecular weight is 336 g/mol. The predicted molar refractivity (Wildman–Crippen MR) is 97.2 cm³/mol. The Kier molecular flexibility index (Phi) is 5.90. The molecule has 0 aliphatic carbocycles. The number of esters is 2. The van der Waals surface area contributed by atoms with Crippen molar-refractivity contribution < 1.29 is 19.1 Å². The van der Waals surface area contributed by atoms with E-state index in [1.54, 1.807) is 0 Å². The zero-order valence-electron chi connectivity index (χ0n) is 14.4. The van der Waals surface area contributed by atoms with Gasteiger partial charge in [0.1, 0.15) is 12.4 Å². The van der Waals surface area contributed by atoms with Gasteiger partial charge in [0.2, 0.25) is 0 Å². The minimum absolute atomic E-state index is 0.208. The van der Waals surface area contributed by atoms with Crippen molar-refractivity contribution in [1.82, 2.24) is 0 Å². The summed E-state index contributed by atoms with van der Waals surface area (Å²) < 4.78 is 10.3. The number of ether oxygens (including phenoxy) is 2. The molecular formula is C21H20O4. The Morgan fingerprint density at radius 1 is 0.920 bits per heavy atom. The van der Waals surface area contributed by atoms with E-state index < -0.39 is 11.9 Å². The van der Waals surface area contributed by atoms with E-state index in [2.05, 4.69) is 13.2 Å². The van der Waals surface area contributed by atoms with Crippen LogP contribution >= 0.6 is 0 Å². The van der Waals surface area contributed by atoms with E-state index in [1.165, 1.54) is 0 Å². The molecule has 2 aromatic rings. The van der Waals surface area contributed by atoms with Gasteiger partial charge in [0.05, 0.1) is 0 Å². The van der Waals surface area contributed by atoms with Crippen LogP contribution in [0.3, 0.4) is 0 Å². The molecule has 0 radical (unpaired) electrons. The highest BCUT2D eigenvalue weighted by Crippen LogP contribution is 2.30. The summed E-state index contributed by atoms with van der Waals surface area (Å²) in [7, 11) is 0. The van der Waals surface area contributed by atoms with Gasteiger partial charge in [-0.2, -0.15) is 0 Å². The van der Waals surface area contributed by atoms with Crippen molar-refractivity contribution in [2.24, 2.45) is 0 Å². The van der Waals surface area contributed by atoms with Crippen molar-refractivity contribution in [3.8, 4) is 16.9 Å². The molecule has 0 aromatic heterocycles. The summed E-state index contributed by atoms with van der Waals surface area (Å²) in [5, 5.41) is 0. The van der Waals surface area contributed by atoms with Crippen LogP contribution in [0.4, 0.5) is 0 Å². The third kappa shape index (κ3) is 4.67. The first-order chi connectivity index (χ1) is 11.9. The minimum atomic E-state index is -0.475. The van der Waals surface area contributed by atoms with E-state index in [1.807, 2.05) is 50.2 Å². The highest BCUT2D eigenvalue weighted by atomic mass is 16.5. The van der Waals surface area contributed by atoms with E-state index in [4.69, 9.17) is 9.47 Å². The van der Waals surface area contributed by atoms with Crippen molar-refractivity contribution in [2.45, 2.75) is 20.5 Å². The van der Waals surface area contributed by atoms with Gasteiger partial charge in [-0.1, -0.05) is 37.4 Å². The molecule has 2 rings (SSSR count). The van der Waals surface area contributed by atoms with Crippen molar-refractivity contribution >= 4 is 11.9 Å². The lowest BCUT2D eigenvalue weighted by Gasteiger charge is -2.12. The van der Waals surface area contributed by atoms with E-state index in [0.29, 0.717) is 5.75 Å². The first kappa shape index (κ1) is 18.2. The first-order valence-corrected chi connectivity index (χ1v) is 7.78. The van der Waals surface area contributed by atoms with Crippen molar-refractivity contribution in [2.75, 3.05) is 0 Å². The SMILES string of the molecule is C=CC(=O)OCc1ccc(-c2cc(C)c(OC(=O)C=C)c(C)c2)cc1. The number of rotatable bonds is 6. The van der Waals surface area contributed by atoms with Crippen LogP contribution in [-0.4, -0.2) is 11.9 Å². The second kappa shape index (κ2) is 8.11. The van der Waals surface area contributed by atoms with Gasteiger partial charge >= 0.3 is 11.9 Å². The van der Waals surface area contributed by atoms with E-state index in [0.717, 1.165) is 40.0 Å². The quantitative estimate of drug-likeness (QED) is 0.448. The maximum Gasteiger partial charge on any atom is 0.335 e. The van der Waals surface area contributed by atoms with Gasteiger partial charge in [-0.3, -0.25) is 0 Å². The molecule has 2 aromatic carbocycles. The Balaban J connectivity index is 2.21. The van der Waals surface area contributed by atoms with Crippen LogP contribution in [0, 0.1) is 13.8 Å². The molecule has 25 heavy (non-hydrogen) atoms. The molecule has 0 N–H and O–H groups in total. The van der Waals surface area contributed by atoms with Gasteiger partial charge in [-0.15, -0.1) is 0 Å². The van der Waals surface area contributed by atoms with Crippen LogP contribution in [0.1, 0.15) is 16.7 Å². The molecular weight excluding hydrogens is 316 g/mol. The number of benzene rings is 2. The molecule has 0 saturated carbocycles. The van der Waals surface area contributed by atoms with Gasteiger partial charge in [0, 0.05) is 12.2 Å². The summed E-state index contributed by atoms with van der Waals surface area (Å²) in [6.45, 7) is 10.8. The van der Waals surface area contributed by atoms with Crippen LogP contribution in [0.5, 0.6) is 5.75 Å². The van der Waals surface area contributed by atoms with Crippen LogP contribution in [0.25, 0.3) is 11.1 Å². The molecule has 4 heteroatoms. The molecule has 128 valence electrons. The van der Waals surface area contributed by atoms with Gasteiger partial charge in [-0.25, -0.2) is 9.59 Å². The van der Waals surface area contributed by atoms with Crippen LogP contribution in [0.15, 0.2) is 61.7 Å². The van der Waals surface area contributed by atoms with Gasteiger partial charge < -0.3 is 9.47 Å². The van der Waals surface area contributed by atoms with Crippen molar-refractivity contribution in [1.29, 1.82) is 0 Å².